The van der Waals surface area contributed by atoms with Crippen LogP contribution in [0.2, 0.25) is 0 Å². The van der Waals surface area contributed by atoms with E-state index in [1.165, 1.54) is 23.8 Å². The summed E-state index contributed by atoms with van der Waals surface area (Å²) in [6.07, 6.45) is -0.629. The van der Waals surface area contributed by atoms with E-state index in [0.717, 1.165) is 6.08 Å². The first-order valence-corrected chi connectivity index (χ1v) is 14.6. The highest BCUT2D eigenvalue weighted by Crippen LogP contribution is 2.66. The number of hydrogen-bond acceptors (Lipinski definition) is 14. The van der Waals surface area contributed by atoms with Gasteiger partial charge in [-0.25, -0.2) is 23.5 Å². The van der Waals surface area contributed by atoms with Gasteiger partial charge < -0.3 is 40.9 Å². The standard InChI is InChI=1S/C16H21N6O13P3/c1-9-11(24)16(5-3-2-4-6-23,7-32-37(28,29)35-38(30,31)34-36(25,26)27)33-14(9)22-8-19-10-12(17)20-15(18)21-13(10)22/h4,8-9,11,14,24H,2,7H2,1H3,(H,28,29)(H,30,31)(H2,25,26,27)(H4,17,18,20,21). The topological polar surface area (TPSA) is 302 Å². The smallest absolute Gasteiger partial charge is 0.388 e. The molecule has 19 nitrogen and oxygen atoms in total. The first kappa shape index (κ1) is 30.0. The first-order chi connectivity index (χ1) is 17.5. The van der Waals surface area contributed by atoms with Gasteiger partial charge in [0.25, 0.3) is 0 Å². The lowest BCUT2D eigenvalue weighted by Crippen LogP contribution is -2.44. The zero-order chi connectivity index (χ0) is 28.5. The Hall–Kier alpha value is -2.51. The van der Waals surface area contributed by atoms with Crippen molar-refractivity contribution in [1.29, 1.82) is 0 Å². The minimum absolute atomic E-state index is 0.0446. The Kier molecular flexibility index (Phi) is 8.64. The van der Waals surface area contributed by atoms with Gasteiger partial charge in [-0.2, -0.15) is 18.6 Å². The second-order valence-corrected chi connectivity index (χ2v) is 12.1. The monoisotopic (exact) mass is 598 g/mol. The number of aromatic nitrogens is 4. The molecule has 0 saturated carbocycles. The number of phosphoric ester groups is 1. The molecule has 9 N–H and O–H groups in total. The van der Waals surface area contributed by atoms with Gasteiger partial charge >= 0.3 is 23.5 Å². The van der Waals surface area contributed by atoms with Crippen molar-refractivity contribution in [3.63, 3.8) is 0 Å². The highest BCUT2D eigenvalue weighted by molar-refractivity contribution is 7.66. The number of nitrogens with two attached hydrogens (primary N) is 2. The Balaban J connectivity index is 1.95. The van der Waals surface area contributed by atoms with Crippen LogP contribution in [0, 0.1) is 17.8 Å². The van der Waals surface area contributed by atoms with E-state index in [9.17, 15) is 33.4 Å². The molecule has 1 aliphatic heterocycles. The summed E-state index contributed by atoms with van der Waals surface area (Å²) in [7, 11) is -17.0. The summed E-state index contributed by atoms with van der Waals surface area (Å²) in [5, 5.41) is 11.0. The number of nitrogens with zero attached hydrogens (tertiary/aromatic N) is 4. The number of hydrogen-bond donors (Lipinski definition) is 7. The summed E-state index contributed by atoms with van der Waals surface area (Å²) >= 11 is 0. The third-order valence-corrected chi connectivity index (χ3v) is 8.72. The van der Waals surface area contributed by atoms with Gasteiger partial charge in [-0.1, -0.05) is 18.8 Å². The second kappa shape index (κ2) is 10.9. The third kappa shape index (κ3) is 6.92. The van der Waals surface area contributed by atoms with Crippen molar-refractivity contribution in [1.82, 2.24) is 19.5 Å². The Bertz CT molecular complexity index is 1480. The van der Waals surface area contributed by atoms with Crippen LogP contribution in [-0.2, 0) is 36.4 Å². The number of ether oxygens (including phenoxy) is 1. The molecular weight excluding hydrogens is 577 g/mol. The normalized spacial score (nSPS) is 26.6. The lowest BCUT2D eigenvalue weighted by atomic mass is 9.91. The molecule has 2 aromatic heterocycles. The van der Waals surface area contributed by atoms with Crippen molar-refractivity contribution in [2.75, 3.05) is 18.1 Å². The zero-order valence-electron chi connectivity index (χ0n) is 19.1. The number of imidazole rings is 1. The van der Waals surface area contributed by atoms with Gasteiger partial charge in [0, 0.05) is 18.4 Å². The van der Waals surface area contributed by atoms with Crippen molar-refractivity contribution in [3.05, 3.63) is 12.4 Å². The van der Waals surface area contributed by atoms with E-state index in [0.29, 0.717) is 0 Å². The summed E-state index contributed by atoms with van der Waals surface area (Å²) in [5.41, 5.74) is 9.60. The number of fused-ring (bicyclic) bond motifs is 1. The number of allylic oxidation sites excluding steroid dienone is 1. The number of anilines is 2. The highest BCUT2D eigenvalue weighted by atomic mass is 31.3. The summed E-state index contributed by atoms with van der Waals surface area (Å²) in [4.78, 5) is 59.0. The van der Waals surface area contributed by atoms with Crippen molar-refractivity contribution >= 4 is 52.3 Å². The summed E-state index contributed by atoms with van der Waals surface area (Å²) in [6, 6.07) is 0. The molecule has 0 radical (unpaired) electrons. The van der Waals surface area contributed by atoms with E-state index < -0.39 is 53.9 Å². The van der Waals surface area contributed by atoms with Crippen molar-refractivity contribution in [2.45, 2.75) is 31.3 Å². The molecule has 1 saturated heterocycles. The molecule has 22 heteroatoms. The largest absolute Gasteiger partial charge is 0.490 e. The molecular formula is C16H21N6O13P3. The average molecular weight is 598 g/mol. The van der Waals surface area contributed by atoms with E-state index in [1.807, 2.05) is 0 Å². The molecule has 0 spiro atoms. The summed E-state index contributed by atoms with van der Waals surface area (Å²) in [6.45, 7) is 0.414. The highest BCUT2D eigenvalue weighted by Gasteiger charge is 2.55. The molecule has 208 valence electrons. The SMILES string of the molecule is CC1C(n2cnc3c(N)nc(N)nc32)OC(C#CCC=C=O)(COP(=O)(O)OP(=O)(O)OP(=O)(O)O)C1O. The fourth-order valence-electron chi connectivity index (χ4n) is 3.46. The van der Waals surface area contributed by atoms with E-state index >= 15 is 0 Å². The van der Waals surface area contributed by atoms with Crippen LogP contribution in [0.25, 0.3) is 11.2 Å². The average Bonchev–Trinajstić information content (AvgIpc) is 3.28. The van der Waals surface area contributed by atoms with Crippen LogP contribution < -0.4 is 11.5 Å². The van der Waals surface area contributed by atoms with Crippen LogP contribution in [0.15, 0.2) is 12.4 Å². The molecule has 38 heavy (non-hydrogen) atoms. The van der Waals surface area contributed by atoms with E-state index in [2.05, 4.69) is 35.4 Å². The minimum atomic E-state index is -5.80. The van der Waals surface area contributed by atoms with Crippen LogP contribution in [-0.4, -0.2) is 68.5 Å². The van der Waals surface area contributed by atoms with Crippen molar-refractivity contribution in [2.24, 2.45) is 5.92 Å². The molecule has 0 amide bonds. The number of rotatable bonds is 9. The van der Waals surface area contributed by atoms with Gasteiger partial charge in [-0.15, -0.1) is 0 Å². The molecule has 3 rings (SSSR count). The number of carbonyl (C=O) groups excluding carboxylic acids is 1. The van der Waals surface area contributed by atoms with Crippen LogP contribution >= 0.6 is 23.5 Å². The van der Waals surface area contributed by atoms with Crippen LogP contribution in [0.5, 0.6) is 0 Å². The Morgan fingerprint density at radius 2 is 1.87 bits per heavy atom. The molecule has 1 fully saturated rings. The maximum atomic E-state index is 12.3. The van der Waals surface area contributed by atoms with Gasteiger partial charge in [-0.3, -0.25) is 9.09 Å². The van der Waals surface area contributed by atoms with E-state index in [-0.39, 0.29) is 29.4 Å². The fraction of sp³-hybridized carbons (Fsp3) is 0.438. The molecule has 0 bridgehead atoms. The molecule has 1 aliphatic rings. The Morgan fingerprint density at radius 1 is 1.18 bits per heavy atom. The maximum Gasteiger partial charge on any atom is 0.490 e. The van der Waals surface area contributed by atoms with E-state index in [1.54, 1.807) is 0 Å². The quantitative estimate of drug-likeness (QED) is 0.107. The Morgan fingerprint density at radius 3 is 2.50 bits per heavy atom. The number of phosphoric acid groups is 3. The molecule has 2 aromatic rings. The number of aliphatic hydroxyl groups is 1. The lowest BCUT2D eigenvalue weighted by Gasteiger charge is -2.27. The van der Waals surface area contributed by atoms with Gasteiger partial charge in [-0.05, 0) is 0 Å². The van der Waals surface area contributed by atoms with Crippen molar-refractivity contribution < 1.29 is 61.1 Å². The maximum absolute atomic E-state index is 12.3. The predicted molar refractivity (Wildman–Crippen MR) is 125 cm³/mol. The molecule has 3 heterocycles. The lowest BCUT2D eigenvalue weighted by molar-refractivity contribution is -0.0881. The van der Waals surface area contributed by atoms with Crippen molar-refractivity contribution in [3.8, 4) is 11.8 Å². The predicted octanol–water partition coefficient (Wildman–Crippen LogP) is -0.620. The molecule has 6 unspecified atom stereocenters. The molecule has 6 atom stereocenters. The van der Waals surface area contributed by atoms with E-state index in [4.69, 9.17) is 30.5 Å². The summed E-state index contributed by atoms with van der Waals surface area (Å²) < 4.78 is 54.1. The zero-order valence-corrected chi connectivity index (χ0v) is 21.8. The fourth-order valence-corrected chi connectivity index (χ4v) is 6.51. The van der Waals surface area contributed by atoms with Gasteiger partial charge in [0.2, 0.25) is 5.95 Å². The van der Waals surface area contributed by atoms with Crippen LogP contribution in [0.1, 0.15) is 19.6 Å². The van der Waals surface area contributed by atoms with Crippen LogP contribution in [0.3, 0.4) is 0 Å². The first-order valence-electron chi connectivity index (χ1n) is 10.1. The van der Waals surface area contributed by atoms with Gasteiger partial charge in [0.05, 0.1) is 6.33 Å². The van der Waals surface area contributed by atoms with Gasteiger partial charge in [0.15, 0.2) is 17.1 Å². The number of nitrogen functional groups attached to an aromatic ring is 2. The third-order valence-electron chi connectivity index (χ3n) is 4.94. The van der Waals surface area contributed by atoms with Gasteiger partial charge in [0.1, 0.15) is 30.4 Å². The number of aliphatic hydroxyl groups excluding tert-OH is 1. The van der Waals surface area contributed by atoms with Crippen LogP contribution in [0.4, 0.5) is 11.8 Å². The molecule has 0 aliphatic carbocycles. The summed E-state index contributed by atoms with van der Waals surface area (Å²) in [5.74, 6) is 5.38. The second-order valence-electron chi connectivity index (χ2n) is 7.69. The molecule has 0 aromatic carbocycles. The Labute approximate surface area is 212 Å². The minimum Gasteiger partial charge on any atom is -0.388 e.